The molecule has 36 heavy (non-hydrogen) atoms. The number of rotatable bonds is 9. The molecule has 0 aromatic heterocycles. The number of piperazine rings is 1. The van der Waals surface area contributed by atoms with E-state index in [-0.39, 0.29) is 24.3 Å². The third-order valence-electron chi connectivity index (χ3n) is 5.82. The standard InChI is InChI=1S/C28H46N2O5S/c1-9-10-11-22-18-29(25(31)34-27(2,3)4)19-23(30(22)26(32)35-28(5,6)7)16-17-36-20-21-12-14-24(33-8)15-13-21/h12-15,22-23H,9-11,16-20H2,1-8H3/t22-,23+/m0/s1. The Morgan fingerprint density at radius 3 is 2.00 bits per heavy atom. The fourth-order valence-corrected chi connectivity index (χ4v) is 5.19. The fourth-order valence-electron chi connectivity index (χ4n) is 4.18. The summed E-state index contributed by atoms with van der Waals surface area (Å²) in [4.78, 5) is 30.1. The highest BCUT2D eigenvalue weighted by molar-refractivity contribution is 7.98. The number of amides is 2. The topological polar surface area (TPSA) is 68.3 Å². The van der Waals surface area contributed by atoms with Gasteiger partial charge in [0.15, 0.2) is 0 Å². The van der Waals surface area contributed by atoms with E-state index in [9.17, 15) is 9.59 Å². The van der Waals surface area contributed by atoms with Crippen molar-refractivity contribution in [3.05, 3.63) is 29.8 Å². The van der Waals surface area contributed by atoms with Crippen LogP contribution in [0.1, 0.15) is 79.7 Å². The van der Waals surface area contributed by atoms with Gasteiger partial charge in [0.2, 0.25) is 0 Å². The van der Waals surface area contributed by atoms with Crippen molar-refractivity contribution in [1.82, 2.24) is 9.80 Å². The molecule has 0 spiro atoms. The van der Waals surface area contributed by atoms with Crippen molar-refractivity contribution in [2.75, 3.05) is 26.0 Å². The van der Waals surface area contributed by atoms with Crippen LogP contribution in [-0.2, 0) is 15.2 Å². The van der Waals surface area contributed by atoms with Gasteiger partial charge in [-0.15, -0.1) is 0 Å². The second kappa shape index (κ2) is 13.5. The average Bonchev–Trinajstić information content (AvgIpc) is 2.78. The number of carbonyl (C=O) groups excluding carboxylic acids is 2. The molecule has 7 nitrogen and oxygen atoms in total. The first kappa shape index (κ1) is 30.1. The van der Waals surface area contributed by atoms with Crippen LogP contribution in [0.3, 0.4) is 0 Å². The van der Waals surface area contributed by atoms with Gasteiger partial charge in [0, 0.05) is 18.8 Å². The quantitative estimate of drug-likeness (QED) is 0.335. The molecule has 204 valence electrons. The highest BCUT2D eigenvalue weighted by atomic mass is 32.2. The van der Waals surface area contributed by atoms with Crippen molar-refractivity contribution in [2.24, 2.45) is 0 Å². The van der Waals surface area contributed by atoms with Crippen LogP contribution in [0, 0.1) is 0 Å². The minimum atomic E-state index is -0.581. The highest BCUT2D eigenvalue weighted by Gasteiger charge is 2.41. The van der Waals surface area contributed by atoms with E-state index < -0.39 is 11.2 Å². The summed E-state index contributed by atoms with van der Waals surface area (Å²) in [6, 6.07) is 7.86. The van der Waals surface area contributed by atoms with Crippen LogP contribution < -0.4 is 4.74 Å². The highest BCUT2D eigenvalue weighted by Crippen LogP contribution is 2.28. The van der Waals surface area contributed by atoms with Gasteiger partial charge in [0.1, 0.15) is 17.0 Å². The molecule has 2 rings (SSSR count). The number of hydrogen-bond acceptors (Lipinski definition) is 6. The summed E-state index contributed by atoms with van der Waals surface area (Å²) in [5, 5.41) is 0. The van der Waals surface area contributed by atoms with E-state index in [4.69, 9.17) is 14.2 Å². The number of ether oxygens (including phenoxy) is 3. The smallest absolute Gasteiger partial charge is 0.410 e. The minimum absolute atomic E-state index is 0.0994. The third-order valence-corrected chi connectivity index (χ3v) is 6.88. The normalized spacial score (nSPS) is 18.7. The zero-order valence-electron chi connectivity index (χ0n) is 23.5. The Bertz CT molecular complexity index is 832. The Labute approximate surface area is 222 Å². The lowest BCUT2D eigenvalue weighted by molar-refractivity contribution is -0.0343. The van der Waals surface area contributed by atoms with Gasteiger partial charge in [0.25, 0.3) is 0 Å². The second-order valence-corrected chi connectivity index (χ2v) is 12.5. The van der Waals surface area contributed by atoms with Crippen molar-refractivity contribution in [2.45, 2.75) is 103 Å². The Kier molecular flexibility index (Phi) is 11.3. The summed E-state index contributed by atoms with van der Waals surface area (Å²) in [7, 11) is 1.67. The van der Waals surface area contributed by atoms with E-state index in [1.165, 1.54) is 5.56 Å². The molecular formula is C28H46N2O5S. The van der Waals surface area contributed by atoms with Gasteiger partial charge in [-0.05, 0) is 77.8 Å². The molecule has 0 saturated carbocycles. The van der Waals surface area contributed by atoms with Crippen LogP contribution in [-0.4, -0.2) is 71.2 Å². The van der Waals surface area contributed by atoms with E-state index in [2.05, 4.69) is 19.1 Å². The Balaban J connectivity index is 2.16. The van der Waals surface area contributed by atoms with Crippen LogP contribution in [0.5, 0.6) is 5.75 Å². The van der Waals surface area contributed by atoms with Crippen molar-refractivity contribution >= 4 is 23.9 Å². The van der Waals surface area contributed by atoms with E-state index in [0.717, 1.165) is 42.9 Å². The monoisotopic (exact) mass is 522 g/mol. The Hall–Kier alpha value is -2.09. The SMILES string of the molecule is CCCC[C@H]1CN(C(=O)OC(C)(C)C)C[C@@H](CCSCc2ccc(OC)cc2)N1C(=O)OC(C)(C)C. The summed E-state index contributed by atoms with van der Waals surface area (Å²) in [5.41, 5.74) is 0.0781. The summed E-state index contributed by atoms with van der Waals surface area (Å²) in [6.07, 6.45) is 2.98. The van der Waals surface area contributed by atoms with E-state index in [1.54, 1.807) is 12.0 Å². The first-order valence-corrected chi connectivity index (χ1v) is 14.2. The molecule has 1 aliphatic heterocycles. The summed E-state index contributed by atoms with van der Waals surface area (Å²) in [6.45, 7) is 14.4. The van der Waals surface area contributed by atoms with Crippen molar-refractivity contribution in [3.63, 3.8) is 0 Å². The lowest BCUT2D eigenvalue weighted by Crippen LogP contribution is -2.62. The van der Waals surface area contributed by atoms with Crippen molar-refractivity contribution in [1.29, 1.82) is 0 Å². The number of benzene rings is 1. The first-order valence-electron chi connectivity index (χ1n) is 13.0. The molecule has 0 radical (unpaired) electrons. The number of nitrogens with zero attached hydrogens (tertiary/aromatic N) is 2. The average molecular weight is 523 g/mol. The summed E-state index contributed by atoms with van der Waals surface area (Å²) < 4.78 is 16.8. The van der Waals surface area contributed by atoms with Crippen LogP contribution in [0.4, 0.5) is 9.59 Å². The molecule has 0 N–H and O–H groups in total. The Morgan fingerprint density at radius 2 is 1.47 bits per heavy atom. The van der Waals surface area contributed by atoms with Gasteiger partial charge in [-0.1, -0.05) is 31.9 Å². The van der Waals surface area contributed by atoms with Crippen LogP contribution in [0.2, 0.25) is 0 Å². The van der Waals surface area contributed by atoms with Crippen molar-refractivity contribution in [3.8, 4) is 5.75 Å². The lowest BCUT2D eigenvalue weighted by atomic mass is 10.00. The van der Waals surface area contributed by atoms with Gasteiger partial charge < -0.3 is 19.1 Å². The summed E-state index contributed by atoms with van der Waals surface area (Å²) in [5.74, 6) is 2.58. The summed E-state index contributed by atoms with van der Waals surface area (Å²) >= 11 is 1.82. The van der Waals surface area contributed by atoms with Gasteiger partial charge in [-0.3, -0.25) is 4.90 Å². The fraction of sp³-hybridized carbons (Fsp3) is 0.714. The van der Waals surface area contributed by atoms with Gasteiger partial charge >= 0.3 is 12.2 Å². The molecule has 0 aliphatic carbocycles. The molecule has 0 bridgehead atoms. The third kappa shape index (κ3) is 10.1. The predicted octanol–water partition coefficient (Wildman–Crippen LogP) is 6.73. The molecule has 2 atom stereocenters. The number of hydrogen-bond donors (Lipinski definition) is 0. The molecule has 1 aromatic carbocycles. The Morgan fingerprint density at radius 1 is 0.917 bits per heavy atom. The number of thioether (sulfide) groups is 1. The second-order valence-electron chi connectivity index (χ2n) is 11.4. The molecule has 8 heteroatoms. The van der Waals surface area contributed by atoms with E-state index in [1.807, 2.05) is 70.3 Å². The number of methoxy groups -OCH3 is 1. The van der Waals surface area contributed by atoms with Crippen molar-refractivity contribution < 1.29 is 23.8 Å². The lowest BCUT2D eigenvalue weighted by Gasteiger charge is -2.47. The minimum Gasteiger partial charge on any atom is -0.497 e. The molecule has 0 unspecified atom stereocenters. The molecule has 1 fully saturated rings. The van der Waals surface area contributed by atoms with Crippen LogP contribution in [0.15, 0.2) is 24.3 Å². The van der Waals surface area contributed by atoms with E-state index in [0.29, 0.717) is 13.1 Å². The van der Waals surface area contributed by atoms with E-state index >= 15 is 0 Å². The van der Waals surface area contributed by atoms with Gasteiger partial charge in [-0.25, -0.2) is 9.59 Å². The maximum Gasteiger partial charge on any atom is 0.410 e. The zero-order chi connectivity index (χ0) is 26.9. The van der Waals surface area contributed by atoms with Gasteiger partial charge in [0.05, 0.1) is 19.2 Å². The number of carbonyl (C=O) groups is 2. The maximum absolute atomic E-state index is 13.4. The molecular weight excluding hydrogens is 476 g/mol. The van der Waals surface area contributed by atoms with Gasteiger partial charge in [-0.2, -0.15) is 11.8 Å². The molecule has 1 aromatic rings. The molecule has 1 saturated heterocycles. The van der Waals surface area contributed by atoms with Crippen LogP contribution >= 0.6 is 11.8 Å². The largest absolute Gasteiger partial charge is 0.497 e. The predicted molar refractivity (Wildman–Crippen MR) is 147 cm³/mol. The zero-order valence-corrected chi connectivity index (χ0v) is 24.3. The molecule has 1 heterocycles. The number of unbranched alkanes of at least 4 members (excludes halogenated alkanes) is 1. The molecule has 2 amide bonds. The first-order chi connectivity index (χ1) is 16.8. The van der Waals surface area contributed by atoms with Crippen LogP contribution in [0.25, 0.3) is 0 Å². The maximum atomic E-state index is 13.4. The molecule has 1 aliphatic rings.